The summed E-state index contributed by atoms with van der Waals surface area (Å²) in [6.45, 7) is 1.88. The number of pyridine rings is 2. The number of halogens is 4. The van der Waals surface area contributed by atoms with Crippen molar-refractivity contribution in [1.29, 1.82) is 0 Å². The Kier molecular flexibility index (Phi) is 4.56. The molecule has 4 nitrogen and oxygen atoms in total. The van der Waals surface area contributed by atoms with E-state index in [9.17, 15) is 13.2 Å². The molecule has 0 fully saturated rings. The molecule has 0 aliphatic heterocycles. The molecule has 0 N–H and O–H groups in total. The number of alkyl halides is 3. The van der Waals surface area contributed by atoms with Crippen molar-refractivity contribution in [3.63, 3.8) is 0 Å². The summed E-state index contributed by atoms with van der Waals surface area (Å²) < 4.78 is 41.4. The fraction of sp³-hybridized carbons (Fsp3) is 0.267. The predicted molar refractivity (Wildman–Crippen MR) is 90.8 cm³/mol. The first kappa shape index (κ1) is 17.2. The summed E-state index contributed by atoms with van der Waals surface area (Å²) in [5, 5.41) is 0. The summed E-state index contributed by atoms with van der Waals surface area (Å²) in [7, 11) is 1.77. The Hall–Kier alpha value is -1.61. The largest absolute Gasteiger partial charge is 0.417 e. The zero-order valence-electron chi connectivity index (χ0n) is 12.7. The van der Waals surface area contributed by atoms with Crippen LogP contribution in [0.1, 0.15) is 12.5 Å². The lowest BCUT2D eigenvalue weighted by Gasteiger charge is -2.11. The second-order valence-electron chi connectivity index (χ2n) is 4.99. The minimum absolute atomic E-state index is 0.423. The molecule has 0 aliphatic carbocycles. The molecule has 24 heavy (non-hydrogen) atoms. The van der Waals surface area contributed by atoms with Crippen LogP contribution in [0.25, 0.3) is 22.7 Å². The van der Waals surface area contributed by atoms with Gasteiger partial charge in [-0.2, -0.15) is 13.2 Å². The summed E-state index contributed by atoms with van der Waals surface area (Å²) in [5.41, 5.74) is 0.951. The van der Waals surface area contributed by atoms with E-state index in [1.165, 1.54) is 11.8 Å². The highest BCUT2D eigenvalue weighted by Crippen LogP contribution is 2.36. The van der Waals surface area contributed by atoms with Gasteiger partial charge in [-0.1, -0.05) is 6.92 Å². The first-order chi connectivity index (χ1) is 11.3. The SMILES string of the molecule is CCSc1cc(C(F)(F)F)cnc1-c1nc2cc(Br)cnc2n1C. The highest BCUT2D eigenvalue weighted by Gasteiger charge is 2.32. The van der Waals surface area contributed by atoms with Crippen molar-refractivity contribution in [2.75, 3.05) is 5.75 Å². The normalized spacial score (nSPS) is 12.1. The maximum Gasteiger partial charge on any atom is 0.417 e. The molecule has 126 valence electrons. The van der Waals surface area contributed by atoms with Crippen LogP contribution >= 0.6 is 27.7 Å². The second kappa shape index (κ2) is 6.36. The van der Waals surface area contributed by atoms with Crippen molar-refractivity contribution >= 4 is 38.9 Å². The van der Waals surface area contributed by atoms with E-state index in [-0.39, 0.29) is 0 Å². The molecular formula is C15H12BrF3N4S. The summed E-state index contributed by atoms with van der Waals surface area (Å²) in [6.07, 6.45) is -1.93. The lowest BCUT2D eigenvalue weighted by atomic mass is 10.2. The number of hydrogen-bond acceptors (Lipinski definition) is 4. The number of aromatic nitrogens is 4. The second-order valence-corrected chi connectivity index (χ2v) is 7.21. The summed E-state index contributed by atoms with van der Waals surface area (Å²) in [6, 6.07) is 2.93. The molecule has 3 rings (SSSR count). The first-order valence-corrected chi connectivity index (χ1v) is 8.77. The molecule has 0 aliphatic rings. The van der Waals surface area contributed by atoms with E-state index in [0.717, 1.165) is 16.7 Å². The van der Waals surface area contributed by atoms with Crippen molar-refractivity contribution in [3.05, 3.63) is 34.6 Å². The van der Waals surface area contributed by atoms with Crippen LogP contribution in [-0.4, -0.2) is 25.3 Å². The van der Waals surface area contributed by atoms with Crippen LogP contribution in [0.5, 0.6) is 0 Å². The van der Waals surface area contributed by atoms with Crippen molar-refractivity contribution in [2.45, 2.75) is 18.0 Å². The number of rotatable bonds is 3. The molecule has 3 aromatic heterocycles. The fourth-order valence-corrected chi connectivity index (χ4v) is 3.42. The third-order valence-corrected chi connectivity index (χ3v) is 4.71. The number of hydrogen-bond donors (Lipinski definition) is 0. The van der Waals surface area contributed by atoms with Gasteiger partial charge in [0.15, 0.2) is 11.5 Å². The van der Waals surface area contributed by atoms with Crippen LogP contribution in [0, 0.1) is 0 Å². The van der Waals surface area contributed by atoms with Gasteiger partial charge in [0.05, 0.1) is 5.56 Å². The predicted octanol–water partition coefficient (Wildman–Crippen LogP) is 4.92. The van der Waals surface area contributed by atoms with Gasteiger partial charge in [-0.15, -0.1) is 11.8 Å². The third kappa shape index (κ3) is 3.14. The van der Waals surface area contributed by atoms with Crippen molar-refractivity contribution in [3.8, 4) is 11.5 Å². The number of nitrogens with zero attached hydrogens (tertiary/aromatic N) is 4. The maximum atomic E-state index is 12.9. The zero-order chi connectivity index (χ0) is 17.5. The molecule has 0 bridgehead atoms. The van der Waals surface area contributed by atoms with E-state index in [1.807, 2.05) is 13.0 Å². The highest BCUT2D eigenvalue weighted by molar-refractivity contribution is 9.10. The minimum atomic E-state index is -4.42. The quantitative estimate of drug-likeness (QED) is 0.568. The van der Waals surface area contributed by atoms with Crippen molar-refractivity contribution in [1.82, 2.24) is 19.5 Å². The molecule has 0 saturated carbocycles. The number of imidazole rings is 1. The van der Waals surface area contributed by atoms with Crippen LogP contribution in [-0.2, 0) is 13.2 Å². The van der Waals surface area contributed by atoms with Gasteiger partial charge in [-0.05, 0) is 33.8 Å². The van der Waals surface area contributed by atoms with Gasteiger partial charge >= 0.3 is 6.18 Å². The van der Waals surface area contributed by atoms with Crippen LogP contribution in [0.3, 0.4) is 0 Å². The highest BCUT2D eigenvalue weighted by atomic mass is 79.9. The van der Waals surface area contributed by atoms with E-state index >= 15 is 0 Å². The van der Waals surface area contributed by atoms with E-state index in [1.54, 1.807) is 17.8 Å². The van der Waals surface area contributed by atoms with Crippen LogP contribution < -0.4 is 0 Å². The van der Waals surface area contributed by atoms with Crippen LogP contribution in [0.2, 0.25) is 0 Å². The Morgan fingerprint density at radius 2 is 1.96 bits per heavy atom. The fourth-order valence-electron chi connectivity index (χ4n) is 2.30. The first-order valence-electron chi connectivity index (χ1n) is 6.99. The van der Waals surface area contributed by atoms with E-state index < -0.39 is 11.7 Å². The average Bonchev–Trinajstić information content (AvgIpc) is 2.83. The van der Waals surface area contributed by atoms with E-state index in [4.69, 9.17) is 0 Å². The van der Waals surface area contributed by atoms with Gasteiger partial charge in [0, 0.05) is 28.8 Å². The van der Waals surface area contributed by atoms with Crippen LogP contribution in [0.15, 0.2) is 33.9 Å². The third-order valence-electron chi connectivity index (χ3n) is 3.37. The molecular weight excluding hydrogens is 405 g/mol. The van der Waals surface area contributed by atoms with Crippen molar-refractivity contribution in [2.24, 2.45) is 7.05 Å². The number of aryl methyl sites for hydroxylation is 1. The minimum Gasteiger partial charge on any atom is -0.310 e. The molecule has 0 spiro atoms. The van der Waals surface area contributed by atoms with Gasteiger partial charge in [-0.25, -0.2) is 9.97 Å². The van der Waals surface area contributed by atoms with Gasteiger partial charge in [0.1, 0.15) is 11.2 Å². The molecule has 0 amide bonds. The Labute approximate surface area is 148 Å². The molecule has 3 heterocycles. The number of thioether (sulfide) groups is 1. The van der Waals surface area contributed by atoms with E-state index in [2.05, 4.69) is 30.9 Å². The number of fused-ring (bicyclic) bond motifs is 1. The molecule has 0 aromatic carbocycles. The summed E-state index contributed by atoms with van der Waals surface area (Å²) >= 11 is 4.64. The van der Waals surface area contributed by atoms with E-state index in [0.29, 0.717) is 33.3 Å². The molecule has 0 saturated heterocycles. The Morgan fingerprint density at radius 3 is 2.62 bits per heavy atom. The topological polar surface area (TPSA) is 43.6 Å². The standard InChI is InChI=1S/C15H12BrF3N4S/c1-3-24-11-4-8(15(17,18)19)6-20-12(11)14-22-10-5-9(16)7-21-13(10)23(14)2/h4-7H,3H2,1-2H3. The molecule has 0 atom stereocenters. The van der Waals surface area contributed by atoms with Crippen molar-refractivity contribution < 1.29 is 13.2 Å². The lowest BCUT2D eigenvalue weighted by Crippen LogP contribution is -2.07. The molecule has 0 unspecified atom stereocenters. The Balaban J connectivity index is 2.20. The van der Waals surface area contributed by atoms with Gasteiger partial charge < -0.3 is 4.57 Å². The summed E-state index contributed by atoms with van der Waals surface area (Å²) in [5.74, 6) is 1.12. The van der Waals surface area contributed by atoms with Crippen LogP contribution in [0.4, 0.5) is 13.2 Å². The maximum absolute atomic E-state index is 12.9. The Bertz CT molecular complexity index is 908. The Morgan fingerprint density at radius 1 is 1.21 bits per heavy atom. The smallest absolute Gasteiger partial charge is 0.310 e. The lowest BCUT2D eigenvalue weighted by molar-refractivity contribution is -0.138. The monoisotopic (exact) mass is 416 g/mol. The van der Waals surface area contributed by atoms with Gasteiger partial charge in [0.2, 0.25) is 0 Å². The van der Waals surface area contributed by atoms with Gasteiger partial charge in [0.25, 0.3) is 0 Å². The zero-order valence-corrected chi connectivity index (χ0v) is 15.1. The summed E-state index contributed by atoms with van der Waals surface area (Å²) in [4.78, 5) is 13.3. The molecule has 9 heteroatoms. The molecule has 3 aromatic rings. The average molecular weight is 417 g/mol. The molecule has 0 radical (unpaired) electrons. The van der Waals surface area contributed by atoms with Gasteiger partial charge in [-0.3, -0.25) is 4.98 Å².